The molecule has 0 fully saturated rings. The molecule has 0 amide bonds. The second-order valence-corrected chi connectivity index (χ2v) is 1.22. The fourth-order valence-electron chi connectivity index (χ4n) is 0. The van der Waals surface area contributed by atoms with Gasteiger partial charge < -0.3 is 9.11 Å². The summed E-state index contributed by atoms with van der Waals surface area (Å²) in [6.45, 7) is 0. The molecule has 0 aromatic carbocycles. The maximum absolute atomic E-state index is 8.52. The fourth-order valence-corrected chi connectivity index (χ4v) is 0. The van der Waals surface area contributed by atoms with Crippen LogP contribution in [0.4, 0.5) is 0 Å². The van der Waals surface area contributed by atoms with E-state index < -0.39 is 10.4 Å². The Morgan fingerprint density at radius 2 is 1.12 bits per heavy atom. The molecule has 0 aromatic rings. The van der Waals surface area contributed by atoms with Crippen molar-refractivity contribution >= 4 is 30.2 Å². The average Bonchev–Trinajstić information content (AvgIpc) is 0.722. The Kier molecular flexibility index (Phi) is 28.3. The van der Waals surface area contributed by atoms with Gasteiger partial charge in [0.2, 0.25) is 0 Å². The van der Waals surface area contributed by atoms with Gasteiger partial charge in [-0.15, -0.1) is 0 Å². The molecule has 0 aliphatic rings. The molecule has 4 nitrogen and oxygen atoms in total. The first kappa shape index (κ1) is 22.5. The second kappa shape index (κ2) is 10.1. The van der Waals surface area contributed by atoms with Crippen LogP contribution in [0.2, 0.25) is 0 Å². The van der Waals surface area contributed by atoms with Crippen molar-refractivity contribution in [2.75, 3.05) is 0 Å². The molecule has 0 saturated heterocycles. The predicted octanol–water partition coefficient (Wildman–Crippen LogP) is -4.72. The first-order valence-corrected chi connectivity index (χ1v) is 2.00. The topological polar surface area (TPSA) is 80.3 Å². The fraction of sp³-hybridized carbons (Fsp3) is 0. The van der Waals surface area contributed by atoms with Crippen LogP contribution >= 0.6 is 0 Å². The van der Waals surface area contributed by atoms with Gasteiger partial charge in [0.25, 0.3) is 0 Å². The summed E-state index contributed by atoms with van der Waals surface area (Å²) < 4.78 is 34.1. The standard InChI is InChI=1S/Ga.Hg.K.H2O4S/c;;;1-5(2,3)4/h;;;(H2,1,2,3,4)/q+3;2*+1;/p-2. The van der Waals surface area contributed by atoms with E-state index in [9.17, 15) is 0 Å². The van der Waals surface area contributed by atoms with Crippen LogP contribution in [0.5, 0.6) is 0 Å². The molecule has 1 radical (unpaired) electrons. The van der Waals surface area contributed by atoms with E-state index in [2.05, 4.69) is 0 Å². The van der Waals surface area contributed by atoms with Crippen molar-refractivity contribution in [2.24, 2.45) is 0 Å². The molecule has 0 spiro atoms. The van der Waals surface area contributed by atoms with Crippen molar-refractivity contribution in [2.45, 2.75) is 0 Å². The quantitative estimate of drug-likeness (QED) is 0.230. The van der Waals surface area contributed by atoms with Gasteiger partial charge in [-0.2, -0.15) is 0 Å². The Bertz CT molecular complexity index is 99.2. The van der Waals surface area contributed by atoms with Gasteiger partial charge in [0.15, 0.2) is 0 Å². The molecule has 0 aromatic heterocycles. The van der Waals surface area contributed by atoms with E-state index >= 15 is 0 Å². The van der Waals surface area contributed by atoms with Crippen LogP contribution in [0, 0.1) is 0 Å². The first-order valence-electron chi connectivity index (χ1n) is 0.667. The molecule has 0 bridgehead atoms. The van der Waals surface area contributed by atoms with Gasteiger partial charge >= 0.3 is 98.8 Å². The van der Waals surface area contributed by atoms with Gasteiger partial charge in [-0.3, -0.25) is 8.42 Å². The van der Waals surface area contributed by atoms with Crippen molar-refractivity contribution in [3.8, 4) is 0 Å². The number of hydrogen-bond acceptors (Lipinski definition) is 4. The van der Waals surface area contributed by atoms with E-state index in [1.54, 1.807) is 0 Å². The smallest absolute Gasteiger partial charge is 0.759 e. The van der Waals surface area contributed by atoms with Crippen molar-refractivity contribution in [3.63, 3.8) is 0 Å². The Hall–Kier alpha value is 3.08. The van der Waals surface area contributed by atoms with E-state index in [-0.39, 0.29) is 98.8 Å². The van der Waals surface area contributed by atoms with Gasteiger partial charge in [0, 0.05) is 10.4 Å². The van der Waals surface area contributed by atoms with Crippen LogP contribution in [0.15, 0.2) is 0 Å². The molecular formula is GaHgKO4S+3. The van der Waals surface area contributed by atoms with Gasteiger partial charge in [-0.05, 0) is 0 Å². The third kappa shape index (κ3) is 62.5. The van der Waals surface area contributed by atoms with Gasteiger partial charge in [-0.1, -0.05) is 0 Å². The van der Waals surface area contributed by atoms with E-state index in [4.69, 9.17) is 17.5 Å². The summed E-state index contributed by atoms with van der Waals surface area (Å²) in [5.41, 5.74) is 0. The van der Waals surface area contributed by atoms with Crippen LogP contribution in [0.1, 0.15) is 0 Å². The number of hydrogen-bond donors (Lipinski definition) is 0. The molecule has 0 aliphatic carbocycles. The summed E-state index contributed by atoms with van der Waals surface area (Å²) in [5.74, 6) is 0. The second-order valence-electron chi connectivity index (χ2n) is 0.408. The maximum Gasteiger partial charge on any atom is 3.00 e. The molecule has 8 heavy (non-hydrogen) atoms. The SMILES string of the molecule is O=S(=O)([O-])[O-].[Ga+3].[Hg+].[K+]. The van der Waals surface area contributed by atoms with E-state index in [1.165, 1.54) is 0 Å². The van der Waals surface area contributed by atoms with E-state index in [0.29, 0.717) is 0 Å². The summed E-state index contributed by atoms with van der Waals surface area (Å²) >= 11 is 0. The third-order valence-electron chi connectivity index (χ3n) is 0. The normalized spacial score (nSPS) is 7.25. The largest absolute Gasteiger partial charge is 3.00 e. The summed E-state index contributed by atoms with van der Waals surface area (Å²) in [6, 6.07) is 0. The Morgan fingerprint density at radius 1 is 1.12 bits per heavy atom. The van der Waals surface area contributed by atoms with E-state index in [0.717, 1.165) is 0 Å². The van der Waals surface area contributed by atoms with E-state index in [1.807, 2.05) is 0 Å². The molecular weight excluding hydrogens is 405 g/mol. The molecule has 8 heteroatoms. The molecule has 0 heterocycles. The minimum absolute atomic E-state index is 0. The monoisotopic (exact) mass is 406 g/mol. The van der Waals surface area contributed by atoms with Crippen LogP contribution < -0.4 is 51.4 Å². The Labute approximate surface area is 124 Å². The molecule has 0 aliphatic heterocycles. The zero-order valence-electron chi connectivity index (χ0n) is 4.33. The molecule has 33 valence electrons. The number of rotatable bonds is 0. The zero-order chi connectivity index (χ0) is 4.50. The summed E-state index contributed by atoms with van der Waals surface area (Å²) in [6.07, 6.45) is 0. The Balaban J connectivity index is -0.0000000267. The van der Waals surface area contributed by atoms with Crippen molar-refractivity contribution in [1.82, 2.24) is 0 Å². The Morgan fingerprint density at radius 3 is 1.12 bits per heavy atom. The van der Waals surface area contributed by atoms with Crippen LogP contribution in [-0.4, -0.2) is 37.3 Å². The van der Waals surface area contributed by atoms with Crippen molar-refractivity contribution in [1.29, 1.82) is 0 Å². The summed E-state index contributed by atoms with van der Waals surface area (Å²) in [7, 11) is -5.17. The molecule has 0 unspecified atom stereocenters. The van der Waals surface area contributed by atoms with Gasteiger partial charge in [0.1, 0.15) is 0 Å². The predicted molar refractivity (Wildman–Crippen MR) is 16.2 cm³/mol. The summed E-state index contributed by atoms with van der Waals surface area (Å²) in [5, 5.41) is 0. The van der Waals surface area contributed by atoms with Crippen molar-refractivity contribution in [3.05, 3.63) is 0 Å². The van der Waals surface area contributed by atoms with Crippen LogP contribution in [0.25, 0.3) is 0 Å². The van der Waals surface area contributed by atoms with Crippen molar-refractivity contribution < 1.29 is 96.6 Å². The van der Waals surface area contributed by atoms with Crippen LogP contribution in [-0.2, 0) is 38.1 Å². The molecule has 0 N–H and O–H groups in total. The molecule has 0 saturated carbocycles. The summed E-state index contributed by atoms with van der Waals surface area (Å²) in [4.78, 5) is 0. The minimum Gasteiger partial charge on any atom is -0.759 e. The molecule has 0 rings (SSSR count). The first-order chi connectivity index (χ1) is 2.00. The maximum atomic E-state index is 8.52. The van der Waals surface area contributed by atoms with Gasteiger partial charge in [-0.25, -0.2) is 0 Å². The zero-order valence-corrected chi connectivity index (χ0v) is 16.2. The van der Waals surface area contributed by atoms with Crippen LogP contribution in [0.3, 0.4) is 0 Å². The molecule has 0 atom stereocenters. The third-order valence-corrected chi connectivity index (χ3v) is 0. The average molecular weight is 405 g/mol. The minimum atomic E-state index is -5.17. The van der Waals surface area contributed by atoms with Gasteiger partial charge in [0.05, 0.1) is 0 Å².